The minimum Gasteiger partial charge on any atom is -0.381 e. The quantitative estimate of drug-likeness (QED) is 0.786. The number of sulfonamides is 1. The van der Waals surface area contributed by atoms with Crippen molar-refractivity contribution in [2.45, 2.75) is 31.4 Å². The summed E-state index contributed by atoms with van der Waals surface area (Å²) >= 11 is 0. The molecular formula is C11H22N2O3S. The van der Waals surface area contributed by atoms with Gasteiger partial charge in [-0.2, -0.15) is 0 Å². The normalized spacial score (nSPS) is 27.4. The number of nitrogens with zero attached hydrogens (tertiary/aromatic N) is 1. The van der Waals surface area contributed by atoms with Gasteiger partial charge in [0.25, 0.3) is 0 Å². The van der Waals surface area contributed by atoms with Crippen molar-refractivity contribution >= 4 is 10.0 Å². The molecule has 2 aliphatic rings. The van der Waals surface area contributed by atoms with E-state index in [2.05, 4.69) is 0 Å². The average molecular weight is 262 g/mol. The fourth-order valence-corrected chi connectivity index (χ4v) is 4.25. The minimum absolute atomic E-state index is 0.166. The molecule has 0 aromatic rings. The molecule has 100 valence electrons. The van der Waals surface area contributed by atoms with Crippen molar-refractivity contribution in [2.24, 2.45) is 11.1 Å². The van der Waals surface area contributed by atoms with Gasteiger partial charge in [0.2, 0.25) is 10.0 Å². The van der Waals surface area contributed by atoms with Crippen molar-refractivity contribution < 1.29 is 13.2 Å². The van der Waals surface area contributed by atoms with Gasteiger partial charge >= 0.3 is 0 Å². The molecule has 0 aliphatic carbocycles. The zero-order chi connectivity index (χ0) is 12.5. The van der Waals surface area contributed by atoms with Crippen LogP contribution in [0.4, 0.5) is 0 Å². The van der Waals surface area contributed by atoms with Gasteiger partial charge in [0, 0.05) is 32.8 Å². The lowest BCUT2D eigenvalue weighted by Crippen LogP contribution is -2.41. The van der Waals surface area contributed by atoms with E-state index in [1.54, 1.807) is 11.2 Å². The van der Waals surface area contributed by atoms with Crippen LogP contribution >= 0.6 is 0 Å². The highest BCUT2D eigenvalue weighted by atomic mass is 32.2. The fraction of sp³-hybridized carbons (Fsp3) is 1.00. The van der Waals surface area contributed by atoms with E-state index in [-0.39, 0.29) is 12.0 Å². The molecule has 2 aliphatic heterocycles. The molecule has 1 unspecified atom stereocenters. The fourth-order valence-electron chi connectivity index (χ4n) is 2.70. The van der Waals surface area contributed by atoms with Crippen LogP contribution in [0.15, 0.2) is 0 Å². The Balaban J connectivity index is 2.07. The van der Waals surface area contributed by atoms with Gasteiger partial charge in [-0.15, -0.1) is 0 Å². The molecule has 0 aromatic carbocycles. The lowest BCUT2D eigenvalue weighted by molar-refractivity contribution is 0.0222. The monoisotopic (exact) mass is 262 g/mol. The van der Waals surface area contributed by atoms with Gasteiger partial charge in [-0.1, -0.05) is 0 Å². The number of ether oxygens (including phenoxy) is 1. The van der Waals surface area contributed by atoms with Gasteiger partial charge in [0.1, 0.15) is 0 Å². The largest absolute Gasteiger partial charge is 0.381 e. The summed E-state index contributed by atoms with van der Waals surface area (Å²) in [6.45, 7) is 4.70. The number of nitrogens with two attached hydrogens (primary N) is 1. The van der Waals surface area contributed by atoms with Gasteiger partial charge in [0.15, 0.2) is 0 Å². The Morgan fingerprint density at radius 3 is 2.59 bits per heavy atom. The molecule has 2 fully saturated rings. The number of rotatable bonds is 3. The van der Waals surface area contributed by atoms with E-state index in [1.807, 2.05) is 0 Å². The summed E-state index contributed by atoms with van der Waals surface area (Å²) in [5.41, 5.74) is 5.64. The topological polar surface area (TPSA) is 72.6 Å². The summed E-state index contributed by atoms with van der Waals surface area (Å²) in [5.74, 6) is 0. The van der Waals surface area contributed by atoms with Gasteiger partial charge in [-0.3, -0.25) is 0 Å². The first-order valence-electron chi connectivity index (χ1n) is 6.27. The Kier molecular flexibility index (Phi) is 3.77. The lowest BCUT2D eigenvalue weighted by atomic mass is 9.80. The second-order valence-corrected chi connectivity index (χ2v) is 7.64. The maximum absolute atomic E-state index is 12.2. The maximum atomic E-state index is 12.2. The van der Waals surface area contributed by atoms with E-state index in [1.165, 1.54) is 0 Å². The van der Waals surface area contributed by atoms with Gasteiger partial charge in [-0.25, -0.2) is 12.7 Å². The van der Waals surface area contributed by atoms with Crippen LogP contribution in [0.2, 0.25) is 0 Å². The highest BCUT2D eigenvalue weighted by Gasteiger charge is 2.44. The third-order valence-corrected chi connectivity index (χ3v) is 6.40. The summed E-state index contributed by atoms with van der Waals surface area (Å²) in [6, 6.07) is 0. The van der Waals surface area contributed by atoms with E-state index in [0.29, 0.717) is 13.1 Å². The second kappa shape index (κ2) is 4.84. The predicted octanol–water partition coefficient (Wildman–Crippen LogP) is 0.166. The van der Waals surface area contributed by atoms with E-state index < -0.39 is 15.3 Å². The van der Waals surface area contributed by atoms with Crippen LogP contribution in [0, 0.1) is 5.41 Å². The van der Waals surface area contributed by atoms with Crippen molar-refractivity contribution in [1.82, 2.24) is 4.31 Å². The van der Waals surface area contributed by atoms with Gasteiger partial charge in [-0.05, 0) is 31.6 Å². The lowest BCUT2D eigenvalue weighted by Gasteiger charge is -2.33. The zero-order valence-corrected chi connectivity index (χ0v) is 11.2. The van der Waals surface area contributed by atoms with Crippen molar-refractivity contribution in [3.8, 4) is 0 Å². The molecule has 1 spiro atoms. The van der Waals surface area contributed by atoms with Crippen LogP contribution in [-0.4, -0.2) is 50.8 Å². The minimum atomic E-state index is -3.20. The van der Waals surface area contributed by atoms with Crippen LogP contribution in [0.1, 0.15) is 26.2 Å². The van der Waals surface area contributed by atoms with Crippen molar-refractivity contribution in [3.63, 3.8) is 0 Å². The molecule has 2 N–H and O–H groups in total. The molecule has 6 heteroatoms. The average Bonchev–Trinajstić information content (AvgIpc) is 2.73. The summed E-state index contributed by atoms with van der Waals surface area (Å²) < 4.78 is 31.4. The van der Waals surface area contributed by atoms with E-state index in [4.69, 9.17) is 10.5 Å². The number of hydrogen-bond acceptors (Lipinski definition) is 4. The highest BCUT2D eigenvalue weighted by molar-refractivity contribution is 7.89. The Hall–Kier alpha value is -0.170. The van der Waals surface area contributed by atoms with Crippen LogP contribution in [0.3, 0.4) is 0 Å². The molecule has 5 nitrogen and oxygen atoms in total. The molecule has 2 rings (SSSR count). The Morgan fingerprint density at radius 2 is 2.00 bits per heavy atom. The molecule has 0 aromatic heterocycles. The maximum Gasteiger partial charge on any atom is 0.217 e. The molecule has 2 saturated heterocycles. The third-order valence-electron chi connectivity index (χ3n) is 4.16. The molecule has 2 heterocycles. The second-order valence-electron chi connectivity index (χ2n) is 5.29. The van der Waals surface area contributed by atoms with Crippen molar-refractivity contribution in [3.05, 3.63) is 0 Å². The smallest absolute Gasteiger partial charge is 0.217 e. The Labute approximate surface area is 103 Å². The molecule has 1 atom stereocenters. The summed E-state index contributed by atoms with van der Waals surface area (Å²) in [6.07, 6.45) is 2.93. The zero-order valence-electron chi connectivity index (χ0n) is 10.4. The standard InChI is InChI=1S/C11H22N2O3S/c1-10(8-12)17(14,15)13-5-2-11(9-13)3-6-16-7-4-11/h10H,2-9,12H2,1H3. The van der Waals surface area contributed by atoms with Crippen LogP contribution in [0.5, 0.6) is 0 Å². The van der Waals surface area contributed by atoms with Gasteiger partial charge in [0.05, 0.1) is 5.25 Å². The van der Waals surface area contributed by atoms with Crippen molar-refractivity contribution in [2.75, 3.05) is 32.8 Å². The predicted molar refractivity (Wildman–Crippen MR) is 66.1 cm³/mol. The summed E-state index contributed by atoms with van der Waals surface area (Å²) in [5, 5.41) is -0.475. The molecule has 0 amide bonds. The van der Waals surface area contributed by atoms with Crippen molar-refractivity contribution in [1.29, 1.82) is 0 Å². The van der Waals surface area contributed by atoms with Crippen LogP contribution in [0.25, 0.3) is 0 Å². The third kappa shape index (κ3) is 2.50. The van der Waals surface area contributed by atoms with Crippen LogP contribution < -0.4 is 5.73 Å². The van der Waals surface area contributed by atoms with E-state index in [9.17, 15) is 8.42 Å². The van der Waals surface area contributed by atoms with Crippen LogP contribution in [-0.2, 0) is 14.8 Å². The molecule has 0 radical (unpaired) electrons. The first-order valence-corrected chi connectivity index (χ1v) is 7.77. The molecule has 17 heavy (non-hydrogen) atoms. The summed E-state index contributed by atoms with van der Waals surface area (Å²) in [7, 11) is -3.20. The number of hydrogen-bond donors (Lipinski definition) is 1. The summed E-state index contributed by atoms with van der Waals surface area (Å²) in [4.78, 5) is 0. The first kappa shape index (κ1) is 13.3. The molecule has 0 bridgehead atoms. The van der Waals surface area contributed by atoms with Gasteiger partial charge < -0.3 is 10.5 Å². The van der Waals surface area contributed by atoms with E-state index >= 15 is 0 Å². The first-order chi connectivity index (χ1) is 8.00. The molecule has 0 saturated carbocycles. The Bertz CT molecular complexity index is 363. The molecular weight excluding hydrogens is 240 g/mol. The SMILES string of the molecule is CC(CN)S(=O)(=O)N1CCC2(CCOCC2)C1. The highest BCUT2D eigenvalue weighted by Crippen LogP contribution is 2.40. The Morgan fingerprint density at radius 1 is 1.35 bits per heavy atom. The van der Waals surface area contributed by atoms with E-state index in [0.717, 1.165) is 32.5 Å².